The number of likely N-dealkylation sites (tertiary alicyclic amines) is 1. The molecule has 4 aromatic rings. The van der Waals surface area contributed by atoms with E-state index in [4.69, 9.17) is 25.8 Å². The summed E-state index contributed by atoms with van der Waals surface area (Å²) >= 11 is 6.75. The fraction of sp³-hybridized carbons (Fsp3) is 0.359. The van der Waals surface area contributed by atoms with E-state index in [0.717, 1.165) is 71.6 Å². The van der Waals surface area contributed by atoms with Crippen molar-refractivity contribution >= 4 is 17.5 Å². The van der Waals surface area contributed by atoms with Crippen LogP contribution >= 0.6 is 11.6 Å². The largest absolute Gasteiger partial charge is 0.494 e. The van der Waals surface area contributed by atoms with Crippen LogP contribution in [0.15, 0.2) is 73.1 Å². The number of pyridine rings is 1. The Kier molecular flexibility index (Phi) is 13.5. The number of aromatic nitrogens is 1. The summed E-state index contributed by atoms with van der Waals surface area (Å²) < 4.78 is 18.6. The van der Waals surface area contributed by atoms with Crippen LogP contribution in [0.25, 0.3) is 11.1 Å². The molecule has 1 fully saturated rings. The lowest BCUT2D eigenvalue weighted by Gasteiger charge is -2.18. The number of β-amino-alcohol motifs (C(OH)–C–C–N with tert-alkyl or cyclic N) is 1. The maximum absolute atomic E-state index is 11.2. The third-order valence-electron chi connectivity index (χ3n) is 8.53. The molecule has 0 unspecified atom stereocenters. The van der Waals surface area contributed by atoms with Gasteiger partial charge in [0.1, 0.15) is 36.5 Å². The Morgan fingerprint density at radius 3 is 2.68 bits per heavy atom. The Morgan fingerprint density at radius 2 is 1.88 bits per heavy atom. The van der Waals surface area contributed by atoms with Gasteiger partial charge in [-0.15, -0.1) is 0 Å². The Balaban J connectivity index is 1.25. The molecule has 1 saturated heterocycles. The Labute approximate surface area is 299 Å². The molecular formula is C39H44ClN5O5. The number of ether oxygens (including phenoxy) is 3. The number of rotatable bonds is 17. The summed E-state index contributed by atoms with van der Waals surface area (Å²) in [7, 11) is 0. The molecule has 3 N–H and O–H groups in total. The number of aliphatic hydroxyl groups excluding tert-OH is 1. The first kappa shape index (κ1) is 36.6. The molecular weight excluding hydrogens is 654 g/mol. The van der Waals surface area contributed by atoms with Gasteiger partial charge in [-0.2, -0.15) is 5.26 Å². The molecule has 50 heavy (non-hydrogen) atoms. The second kappa shape index (κ2) is 18.4. The predicted molar refractivity (Wildman–Crippen MR) is 193 cm³/mol. The van der Waals surface area contributed by atoms with Gasteiger partial charge in [-0.05, 0) is 66.3 Å². The number of nitrogens with one attached hydrogen (secondary N) is 2. The zero-order valence-corrected chi connectivity index (χ0v) is 29.3. The number of carbonyl (C=O) groups excluding carboxylic acids is 1. The van der Waals surface area contributed by atoms with E-state index in [2.05, 4.69) is 51.7 Å². The topological polar surface area (TPSA) is 129 Å². The van der Waals surface area contributed by atoms with Crippen molar-refractivity contribution in [2.45, 2.75) is 52.6 Å². The van der Waals surface area contributed by atoms with Crippen LogP contribution in [0.3, 0.4) is 0 Å². The highest BCUT2D eigenvalue weighted by molar-refractivity contribution is 6.32. The van der Waals surface area contributed by atoms with Crippen molar-refractivity contribution in [3.05, 3.63) is 106 Å². The quantitative estimate of drug-likeness (QED) is 0.117. The van der Waals surface area contributed by atoms with Crippen LogP contribution < -0.4 is 24.8 Å². The number of benzene rings is 3. The lowest BCUT2D eigenvalue weighted by molar-refractivity contribution is -0.118. The average Bonchev–Trinajstić information content (AvgIpc) is 3.54. The second-order valence-corrected chi connectivity index (χ2v) is 12.8. The van der Waals surface area contributed by atoms with E-state index in [-0.39, 0.29) is 18.6 Å². The van der Waals surface area contributed by atoms with Crippen molar-refractivity contribution in [2.75, 3.05) is 39.3 Å². The molecule has 1 aliphatic heterocycles. The molecule has 1 atom stereocenters. The van der Waals surface area contributed by atoms with Gasteiger partial charge in [0.15, 0.2) is 0 Å². The molecule has 11 heteroatoms. The van der Waals surface area contributed by atoms with Crippen molar-refractivity contribution in [3.8, 4) is 34.4 Å². The fourth-order valence-electron chi connectivity index (χ4n) is 5.85. The highest BCUT2D eigenvalue weighted by atomic mass is 35.5. The van der Waals surface area contributed by atoms with E-state index in [1.54, 1.807) is 18.3 Å². The summed E-state index contributed by atoms with van der Waals surface area (Å²) in [5.41, 5.74) is 6.30. The fourth-order valence-corrected chi connectivity index (χ4v) is 6.09. The molecule has 1 aliphatic rings. The van der Waals surface area contributed by atoms with Crippen molar-refractivity contribution in [2.24, 2.45) is 0 Å². The van der Waals surface area contributed by atoms with Crippen LogP contribution in [0.2, 0.25) is 5.02 Å². The van der Waals surface area contributed by atoms with Gasteiger partial charge in [0, 0.05) is 75.8 Å². The third kappa shape index (κ3) is 10.7. The number of hydrogen-bond donors (Lipinski definition) is 3. The van der Waals surface area contributed by atoms with E-state index in [9.17, 15) is 15.2 Å². The van der Waals surface area contributed by atoms with Crippen LogP contribution in [0, 0.1) is 18.3 Å². The molecule has 1 amide bonds. The molecule has 262 valence electrons. The van der Waals surface area contributed by atoms with Gasteiger partial charge >= 0.3 is 0 Å². The van der Waals surface area contributed by atoms with Crippen LogP contribution in [0.4, 0.5) is 0 Å². The van der Waals surface area contributed by atoms with Crippen molar-refractivity contribution in [3.63, 3.8) is 0 Å². The van der Waals surface area contributed by atoms with Crippen LogP contribution in [0.1, 0.15) is 47.6 Å². The van der Waals surface area contributed by atoms with Crippen LogP contribution in [-0.2, 0) is 24.6 Å². The molecule has 0 aliphatic carbocycles. The van der Waals surface area contributed by atoms with Crippen molar-refractivity contribution < 1.29 is 24.1 Å². The number of amides is 1. The zero-order valence-electron chi connectivity index (χ0n) is 28.6. The molecule has 2 heterocycles. The number of hydrogen-bond acceptors (Lipinski definition) is 9. The van der Waals surface area contributed by atoms with E-state index in [1.165, 1.54) is 13.1 Å². The molecule has 3 aromatic carbocycles. The van der Waals surface area contributed by atoms with Gasteiger partial charge in [0.05, 0.1) is 23.3 Å². The minimum absolute atomic E-state index is 0.0844. The van der Waals surface area contributed by atoms with Gasteiger partial charge in [0.2, 0.25) is 5.91 Å². The molecule has 0 saturated carbocycles. The summed E-state index contributed by atoms with van der Waals surface area (Å²) in [5, 5.41) is 25.5. The SMILES string of the molecule is CC(=O)NCCNCc1cc(Cl)c(OCc2cccc(-c3cccc(OCCCN4CC[C@@H](O)C4)c3)c2C)cc1OCc1cncc(C#N)c1. The highest BCUT2D eigenvalue weighted by Gasteiger charge is 2.19. The lowest BCUT2D eigenvalue weighted by Crippen LogP contribution is -2.30. The lowest BCUT2D eigenvalue weighted by atomic mass is 9.96. The Morgan fingerprint density at radius 1 is 1.04 bits per heavy atom. The predicted octanol–water partition coefficient (Wildman–Crippen LogP) is 5.80. The van der Waals surface area contributed by atoms with Crippen LogP contribution in [-0.4, -0.2) is 66.3 Å². The summed E-state index contributed by atoms with van der Waals surface area (Å²) in [4.78, 5) is 17.6. The number of nitriles is 1. The molecule has 5 rings (SSSR count). The van der Waals surface area contributed by atoms with Crippen LogP contribution in [0.5, 0.6) is 17.2 Å². The first-order valence-electron chi connectivity index (χ1n) is 16.9. The molecule has 0 spiro atoms. The number of aliphatic hydroxyl groups is 1. The summed E-state index contributed by atoms with van der Waals surface area (Å²) in [5.74, 6) is 1.80. The van der Waals surface area contributed by atoms with E-state index in [0.29, 0.717) is 54.9 Å². The third-order valence-corrected chi connectivity index (χ3v) is 8.83. The Bertz CT molecular complexity index is 1800. The average molecular weight is 698 g/mol. The van der Waals surface area contributed by atoms with Gasteiger partial charge in [-0.3, -0.25) is 9.78 Å². The monoisotopic (exact) mass is 697 g/mol. The zero-order chi connectivity index (χ0) is 35.3. The van der Waals surface area contributed by atoms with E-state index in [1.807, 2.05) is 30.3 Å². The normalized spacial score (nSPS) is 14.3. The first-order valence-corrected chi connectivity index (χ1v) is 17.3. The molecule has 0 bridgehead atoms. The highest BCUT2D eigenvalue weighted by Crippen LogP contribution is 2.35. The first-order chi connectivity index (χ1) is 24.3. The van der Waals surface area contributed by atoms with Gasteiger partial charge in [0.25, 0.3) is 0 Å². The maximum atomic E-state index is 11.2. The van der Waals surface area contributed by atoms with Crippen molar-refractivity contribution in [1.82, 2.24) is 20.5 Å². The molecule has 1 aromatic heterocycles. The van der Waals surface area contributed by atoms with Crippen molar-refractivity contribution in [1.29, 1.82) is 5.26 Å². The standard InChI is InChI=1S/C39H44ClN5O5/c1-27-32(7-4-9-36(27)31-6-3-8-35(17-31)48-15-5-13-45-14-10-34(47)24-45)26-50-39-19-38(49-25-30-16-29(20-41)21-43-22-30)33(18-37(39)40)23-42-11-12-44-28(2)46/h3-4,6-9,16-19,21-22,34,42,47H,5,10-15,23-26H2,1-2H3,(H,44,46)/t34-/m1/s1. The number of halogens is 1. The number of nitrogens with zero attached hydrogens (tertiary/aromatic N) is 3. The smallest absolute Gasteiger partial charge is 0.216 e. The summed E-state index contributed by atoms with van der Waals surface area (Å²) in [6.45, 7) is 8.81. The van der Waals surface area contributed by atoms with Gasteiger partial charge in [-0.1, -0.05) is 41.9 Å². The van der Waals surface area contributed by atoms with E-state index >= 15 is 0 Å². The summed E-state index contributed by atoms with van der Waals surface area (Å²) in [6.07, 6.45) is 4.72. The van der Waals surface area contributed by atoms with Gasteiger partial charge in [-0.25, -0.2) is 0 Å². The van der Waals surface area contributed by atoms with E-state index < -0.39 is 0 Å². The number of carbonyl (C=O) groups is 1. The minimum Gasteiger partial charge on any atom is -0.494 e. The molecule has 0 radical (unpaired) electrons. The second-order valence-electron chi connectivity index (χ2n) is 12.4. The molecule has 10 nitrogen and oxygen atoms in total. The Hall–Kier alpha value is -4.66. The minimum atomic E-state index is -0.203. The summed E-state index contributed by atoms with van der Waals surface area (Å²) in [6, 6.07) is 21.8. The maximum Gasteiger partial charge on any atom is 0.216 e. The van der Waals surface area contributed by atoms with Gasteiger partial charge < -0.3 is 34.9 Å².